The van der Waals surface area contributed by atoms with Crippen LogP contribution in [-0.2, 0) is 4.74 Å². The number of hydrogen-bond donors (Lipinski definition) is 2. The molecular formula is C13H14N4O4S. The van der Waals surface area contributed by atoms with Crippen LogP contribution in [0.1, 0.15) is 17.5 Å². The molecule has 0 unspecified atom stereocenters. The molecule has 9 heteroatoms. The van der Waals surface area contributed by atoms with Crippen molar-refractivity contribution in [2.24, 2.45) is 0 Å². The summed E-state index contributed by atoms with van der Waals surface area (Å²) in [6.07, 6.45) is 0. The van der Waals surface area contributed by atoms with Gasteiger partial charge in [-0.05, 0) is 19.1 Å². The Bertz CT molecular complexity index is 674. The van der Waals surface area contributed by atoms with Crippen molar-refractivity contribution in [1.82, 2.24) is 9.36 Å². The number of methoxy groups -OCH3 is 1. The summed E-state index contributed by atoms with van der Waals surface area (Å²) in [5.41, 5.74) is 0.527. The Balaban J connectivity index is 2.01. The van der Waals surface area contributed by atoms with Crippen LogP contribution in [0.25, 0.3) is 0 Å². The SMILES string of the molecule is CCOc1ccccc1NC(=O)Nc1nc(C(=O)OC)ns1. The molecule has 2 aromatic rings. The van der Waals surface area contributed by atoms with Crippen molar-refractivity contribution < 1.29 is 19.1 Å². The van der Waals surface area contributed by atoms with E-state index in [0.717, 1.165) is 11.5 Å². The molecule has 0 fully saturated rings. The van der Waals surface area contributed by atoms with E-state index in [1.807, 2.05) is 13.0 Å². The number of anilines is 2. The van der Waals surface area contributed by atoms with Crippen molar-refractivity contribution in [2.75, 3.05) is 24.4 Å². The Hall–Kier alpha value is -2.68. The zero-order valence-electron chi connectivity index (χ0n) is 12.0. The molecule has 0 spiro atoms. The van der Waals surface area contributed by atoms with Crippen LogP contribution in [-0.4, -0.2) is 35.1 Å². The molecule has 0 radical (unpaired) electrons. The topological polar surface area (TPSA) is 102 Å². The lowest BCUT2D eigenvalue weighted by atomic mass is 10.3. The second kappa shape index (κ2) is 7.36. The molecule has 8 nitrogen and oxygen atoms in total. The van der Waals surface area contributed by atoms with E-state index in [9.17, 15) is 9.59 Å². The molecule has 116 valence electrons. The lowest BCUT2D eigenvalue weighted by Crippen LogP contribution is -2.20. The number of nitrogens with zero attached hydrogens (tertiary/aromatic N) is 2. The van der Waals surface area contributed by atoms with Gasteiger partial charge in [0.1, 0.15) is 5.75 Å². The molecule has 0 aliphatic rings. The number of urea groups is 1. The number of ether oxygens (including phenoxy) is 2. The number of hydrogen-bond acceptors (Lipinski definition) is 7. The van der Waals surface area contributed by atoms with Gasteiger partial charge in [0, 0.05) is 11.5 Å². The van der Waals surface area contributed by atoms with Crippen LogP contribution >= 0.6 is 11.5 Å². The molecule has 0 saturated carbocycles. The number of nitrogens with one attached hydrogen (secondary N) is 2. The van der Waals surface area contributed by atoms with E-state index in [-0.39, 0.29) is 11.0 Å². The number of rotatable bonds is 5. The minimum absolute atomic E-state index is 0.0995. The van der Waals surface area contributed by atoms with Gasteiger partial charge in [0.05, 0.1) is 19.4 Å². The molecule has 22 heavy (non-hydrogen) atoms. The second-order valence-electron chi connectivity index (χ2n) is 3.92. The van der Waals surface area contributed by atoms with Gasteiger partial charge in [-0.15, -0.1) is 0 Å². The number of amides is 2. The van der Waals surface area contributed by atoms with E-state index >= 15 is 0 Å². The van der Waals surface area contributed by atoms with E-state index in [2.05, 4.69) is 24.7 Å². The summed E-state index contributed by atoms with van der Waals surface area (Å²) >= 11 is 0.881. The third-order valence-electron chi connectivity index (χ3n) is 2.45. The molecule has 1 heterocycles. The number of aromatic nitrogens is 2. The van der Waals surface area contributed by atoms with Gasteiger partial charge in [-0.3, -0.25) is 5.32 Å². The average molecular weight is 322 g/mol. The van der Waals surface area contributed by atoms with Crippen LogP contribution in [0.4, 0.5) is 15.6 Å². The summed E-state index contributed by atoms with van der Waals surface area (Å²) in [6, 6.07) is 6.53. The van der Waals surface area contributed by atoms with Gasteiger partial charge in [0.25, 0.3) is 5.82 Å². The lowest BCUT2D eigenvalue weighted by molar-refractivity contribution is 0.0588. The normalized spacial score (nSPS) is 9.91. The Kier molecular flexibility index (Phi) is 5.26. The van der Waals surface area contributed by atoms with Gasteiger partial charge in [-0.1, -0.05) is 12.1 Å². The fraction of sp³-hybridized carbons (Fsp3) is 0.231. The predicted octanol–water partition coefficient (Wildman–Crippen LogP) is 2.37. The summed E-state index contributed by atoms with van der Waals surface area (Å²) < 4.78 is 13.7. The summed E-state index contributed by atoms with van der Waals surface area (Å²) in [7, 11) is 1.23. The van der Waals surface area contributed by atoms with Crippen molar-refractivity contribution in [1.29, 1.82) is 0 Å². The molecule has 2 amide bonds. The van der Waals surface area contributed by atoms with Crippen molar-refractivity contribution in [3.63, 3.8) is 0 Å². The highest BCUT2D eigenvalue weighted by molar-refractivity contribution is 7.10. The van der Waals surface area contributed by atoms with E-state index in [4.69, 9.17) is 4.74 Å². The summed E-state index contributed by atoms with van der Waals surface area (Å²) in [4.78, 5) is 27.0. The van der Waals surface area contributed by atoms with E-state index in [1.165, 1.54) is 7.11 Å². The fourth-order valence-corrected chi connectivity index (χ4v) is 2.10. The number of benzene rings is 1. The maximum atomic E-state index is 11.9. The number of carbonyl (C=O) groups excluding carboxylic acids is 2. The van der Waals surface area contributed by atoms with Gasteiger partial charge in [0.2, 0.25) is 5.13 Å². The maximum Gasteiger partial charge on any atom is 0.377 e. The largest absolute Gasteiger partial charge is 0.492 e. The predicted molar refractivity (Wildman–Crippen MR) is 81.5 cm³/mol. The van der Waals surface area contributed by atoms with Crippen molar-refractivity contribution in [2.45, 2.75) is 6.92 Å². The third kappa shape index (κ3) is 3.92. The first-order valence-corrected chi connectivity index (χ1v) is 7.13. The Morgan fingerprint density at radius 3 is 2.77 bits per heavy atom. The standard InChI is InChI=1S/C13H14N4O4S/c1-3-21-9-7-5-4-6-8(9)14-12(19)16-13-15-10(17-22-13)11(18)20-2/h4-7H,3H2,1-2H3,(H2,14,15,16,17,19). The number of para-hydroxylation sites is 2. The van der Waals surface area contributed by atoms with E-state index in [1.54, 1.807) is 18.2 Å². The quantitative estimate of drug-likeness (QED) is 0.819. The monoisotopic (exact) mass is 322 g/mol. The maximum absolute atomic E-state index is 11.9. The van der Waals surface area contributed by atoms with Crippen LogP contribution in [0.3, 0.4) is 0 Å². The zero-order valence-corrected chi connectivity index (χ0v) is 12.8. The number of carbonyl (C=O) groups is 2. The first-order chi connectivity index (χ1) is 10.6. The lowest BCUT2D eigenvalue weighted by Gasteiger charge is -2.10. The van der Waals surface area contributed by atoms with Gasteiger partial charge in [0.15, 0.2) is 0 Å². The highest BCUT2D eigenvalue weighted by Gasteiger charge is 2.15. The molecule has 0 atom stereocenters. The molecule has 0 bridgehead atoms. The van der Waals surface area contributed by atoms with Gasteiger partial charge in [-0.2, -0.15) is 9.36 Å². The molecule has 1 aromatic heterocycles. The van der Waals surface area contributed by atoms with Gasteiger partial charge < -0.3 is 14.8 Å². The van der Waals surface area contributed by atoms with E-state index in [0.29, 0.717) is 18.0 Å². The van der Waals surface area contributed by atoms with Crippen molar-refractivity contribution in [3.05, 3.63) is 30.1 Å². The smallest absolute Gasteiger partial charge is 0.377 e. The highest BCUT2D eigenvalue weighted by atomic mass is 32.1. The first-order valence-electron chi connectivity index (χ1n) is 6.36. The zero-order chi connectivity index (χ0) is 15.9. The third-order valence-corrected chi connectivity index (χ3v) is 3.08. The van der Waals surface area contributed by atoms with Crippen LogP contribution in [0.5, 0.6) is 5.75 Å². The Morgan fingerprint density at radius 1 is 1.27 bits per heavy atom. The summed E-state index contributed by atoms with van der Waals surface area (Å²) in [5, 5.41) is 5.32. The molecule has 2 N–H and O–H groups in total. The van der Waals surface area contributed by atoms with Gasteiger partial charge in [-0.25, -0.2) is 9.59 Å². The molecule has 0 aliphatic carbocycles. The van der Waals surface area contributed by atoms with Crippen molar-refractivity contribution >= 4 is 34.4 Å². The van der Waals surface area contributed by atoms with E-state index < -0.39 is 12.0 Å². The summed E-state index contributed by atoms with van der Waals surface area (Å²) in [6.45, 7) is 2.34. The molecule has 0 saturated heterocycles. The van der Waals surface area contributed by atoms with Crippen molar-refractivity contribution in [3.8, 4) is 5.75 Å². The Morgan fingerprint density at radius 2 is 2.05 bits per heavy atom. The highest BCUT2D eigenvalue weighted by Crippen LogP contribution is 2.24. The van der Waals surface area contributed by atoms with Crippen LogP contribution in [0.15, 0.2) is 24.3 Å². The second-order valence-corrected chi connectivity index (χ2v) is 4.67. The summed E-state index contributed by atoms with van der Waals surface area (Å²) in [5.74, 6) is -0.198. The number of esters is 1. The van der Waals surface area contributed by atoms with Crippen LogP contribution in [0, 0.1) is 0 Å². The van der Waals surface area contributed by atoms with Crippen LogP contribution < -0.4 is 15.4 Å². The molecule has 2 rings (SSSR count). The minimum atomic E-state index is -0.661. The van der Waals surface area contributed by atoms with Gasteiger partial charge >= 0.3 is 12.0 Å². The minimum Gasteiger partial charge on any atom is -0.492 e. The van der Waals surface area contributed by atoms with Crippen LogP contribution in [0.2, 0.25) is 0 Å². The molecule has 1 aromatic carbocycles. The fourth-order valence-electron chi connectivity index (χ4n) is 1.55. The molecular weight excluding hydrogens is 308 g/mol. The first kappa shape index (κ1) is 15.7. The molecule has 0 aliphatic heterocycles. The Labute approximate surface area is 130 Å². The average Bonchev–Trinajstić information content (AvgIpc) is 2.97.